The second-order valence-corrected chi connectivity index (χ2v) is 7.18. The lowest BCUT2D eigenvalue weighted by molar-refractivity contribution is -0.148. The highest BCUT2D eigenvalue weighted by molar-refractivity contribution is 6.32. The van der Waals surface area contributed by atoms with Gasteiger partial charge in [0, 0.05) is 23.6 Å². The number of halogens is 5. The second-order valence-electron chi connectivity index (χ2n) is 6.77. The molecule has 162 valence electrons. The lowest BCUT2D eigenvalue weighted by Gasteiger charge is -2.16. The van der Waals surface area contributed by atoms with E-state index in [0.717, 1.165) is 28.5 Å². The van der Waals surface area contributed by atoms with Gasteiger partial charge in [-0.05, 0) is 48.4 Å². The van der Waals surface area contributed by atoms with Gasteiger partial charge in [-0.3, -0.25) is 0 Å². The van der Waals surface area contributed by atoms with E-state index in [-0.39, 0.29) is 5.75 Å². The predicted octanol–water partition coefficient (Wildman–Crippen LogP) is 5.44. The zero-order chi connectivity index (χ0) is 21.7. The Kier molecular flexibility index (Phi) is 7.10. The van der Waals surface area contributed by atoms with E-state index in [9.17, 15) is 17.6 Å². The molecule has 1 heterocycles. The molecule has 0 fully saturated rings. The van der Waals surface area contributed by atoms with Crippen LogP contribution in [0.4, 0.5) is 17.6 Å². The van der Waals surface area contributed by atoms with Crippen molar-refractivity contribution in [2.24, 2.45) is 0 Å². The van der Waals surface area contributed by atoms with Gasteiger partial charge in [-0.25, -0.2) is 8.78 Å². The Bertz CT molecular complexity index is 994. The zero-order valence-corrected chi connectivity index (χ0v) is 16.9. The van der Waals surface area contributed by atoms with E-state index in [1.807, 2.05) is 18.3 Å². The van der Waals surface area contributed by atoms with Gasteiger partial charge in [0.1, 0.15) is 11.5 Å². The Morgan fingerprint density at radius 2 is 2.00 bits per heavy atom. The molecule has 0 atom stereocenters. The van der Waals surface area contributed by atoms with Crippen LogP contribution in [-0.4, -0.2) is 37.6 Å². The minimum atomic E-state index is -4.18. The number of nitrogens with one attached hydrogen (secondary N) is 2. The molecule has 0 saturated carbocycles. The summed E-state index contributed by atoms with van der Waals surface area (Å²) in [5.74, 6) is -3.46. The van der Waals surface area contributed by atoms with Crippen molar-refractivity contribution in [3.63, 3.8) is 0 Å². The largest absolute Gasteiger partial charge is 0.495 e. The fraction of sp³-hybridized carbons (Fsp3) is 0.333. The first-order chi connectivity index (χ1) is 14.3. The molecule has 0 unspecified atom stereocenters. The zero-order valence-electron chi connectivity index (χ0n) is 16.2. The first-order valence-electron chi connectivity index (χ1n) is 9.22. The minimum absolute atomic E-state index is 0.121. The number of hydrogen-bond donors (Lipinski definition) is 2. The average Bonchev–Trinajstić information content (AvgIpc) is 3.11. The van der Waals surface area contributed by atoms with Gasteiger partial charge in [0.25, 0.3) is 0 Å². The molecule has 0 aliphatic rings. The first-order valence-corrected chi connectivity index (χ1v) is 9.60. The molecule has 3 aromatic rings. The molecule has 0 spiro atoms. The number of aromatic amines is 1. The lowest BCUT2D eigenvalue weighted by Crippen LogP contribution is -2.33. The van der Waals surface area contributed by atoms with Gasteiger partial charge >= 0.3 is 12.3 Å². The van der Waals surface area contributed by atoms with E-state index in [4.69, 9.17) is 21.1 Å². The van der Waals surface area contributed by atoms with Gasteiger partial charge in [0.05, 0.1) is 12.1 Å². The Morgan fingerprint density at radius 3 is 2.73 bits per heavy atom. The van der Waals surface area contributed by atoms with Gasteiger partial charge in [0.15, 0.2) is 6.61 Å². The summed E-state index contributed by atoms with van der Waals surface area (Å²) in [4.78, 5) is 3.18. The van der Waals surface area contributed by atoms with Crippen LogP contribution in [0.5, 0.6) is 11.5 Å². The normalized spacial score (nSPS) is 12.0. The van der Waals surface area contributed by atoms with Crippen LogP contribution in [0.25, 0.3) is 10.9 Å². The molecule has 30 heavy (non-hydrogen) atoms. The predicted molar refractivity (Wildman–Crippen MR) is 108 cm³/mol. The van der Waals surface area contributed by atoms with E-state index >= 15 is 0 Å². The van der Waals surface area contributed by atoms with Gasteiger partial charge < -0.3 is 19.8 Å². The van der Waals surface area contributed by atoms with Gasteiger partial charge in [-0.15, -0.1) is 0 Å². The van der Waals surface area contributed by atoms with Crippen molar-refractivity contribution in [1.82, 2.24) is 10.3 Å². The van der Waals surface area contributed by atoms with Crippen LogP contribution in [0.2, 0.25) is 5.02 Å². The number of alkyl halides is 4. The van der Waals surface area contributed by atoms with Crippen molar-refractivity contribution in [3.8, 4) is 11.5 Å². The summed E-state index contributed by atoms with van der Waals surface area (Å²) < 4.78 is 60.5. The van der Waals surface area contributed by atoms with Crippen molar-refractivity contribution in [3.05, 3.63) is 58.7 Å². The molecule has 0 amide bonds. The van der Waals surface area contributed by atoms with E-state index in [1.54, 1.807) is 25.3 Å². The van der Waals surface area contributed by atoms with Crippen molar-refractivity contribution < 1.29 is 27.0 Å². The smallest absolute Gasteiger partial charge is 0.340 e. The molecule has 1 aromatic heterocycles. The lowest BCUT2D eigenvalue weighted by atomic mass is 10.1. The third kappa shape index (κ3) is 5.37. The Morgan fingerprint density at radius 1 is 1.20 bits per heavy atom. The van der Waals surface area contributed by atoms with Crippen LogP contribution in [0.1, 0.15) is 11.1 Å². The summed E-state index contributed by atoms with van der Waals surface area (Å²) in [5, 5.41) is 4.82. The summed E-state index contributed by atoms with van der Waals surface area (Å²) in [6.07, 6.45) is -1.11. The van der Waals surface area contributed by atoms with Crippen LogP contribution < -0.4 is 14.8 Å². The minimum Gasteiger partial charge on any atom is -0.495 e. The number of benzene rings is 2. The topological polar surface area (TPSA) is 46.3 Å². The third-order valence-corrected chi connectivity index (χ3v) is 4.88. The van der Waals surface area contributed by atoms with E-state index < -0.39 is 19.0 Å². The standard InChI is InChI=1S/C21H21ClF4N2O2/c1-29-19-8-16-14(11-28-18(16)9-17(19)22)5-6-27-10-13-3-2-4-15(7-13)30-12-21(25,26)20(23)24/h2-4,7-9,11,20,27-28H,5-6,10,12H2,1H3. The van der Waals surface area contributed by atoms with Crippen molar-refractivity contribution in [2.45, 2.75) is 25.3 Å². The molecule has 0 aliphatic carbocycles. The summed E-state index contributed by atoms with van der Waals surface area (Å²) in [5.41, 5.74) is 2.81. The SMILES string of the molecule is COc1cc2c(CCNCc3cccc(OCC(F)(F)C(F)F)c3)c[nH]c2cc1Cl. The molecular weight excluding hydrogens is 424 g/mol. The van der Waals surface area contributed by atoms with Gasteiger partial charge in [-0.1, -0.05) is 23.7 Å². The van der Waals surface area contributed by atoms with Crippen LogP contribution in [0.15, 0.2) is 42.6 Å². The van der Waals surface area contributed by atoms with Crippen LogP contribution in [0.3, 0.4) is 0 Å². The molecular formula is C21H21ClF4N2O2. The molecule has 2 N–H and O–H groups in total. The molecule has 0 radical (unpaired) electrons. The van der Waals surface area contributed by atoms with Crippen LogP contribution in [-0.2, 0) is 13.0 Å². The number of methoxy groups -OCH3 is 1. The fourth-order valence-electron chi connectivity index (χ4n) is 2.99. The van der Waals surface area contributed by atoms with Crippen LogP contribution >= 0.6 is 11.6 Å². The third-order valence-electron chi connectivity index (χ3n) is 4.59. The van der Waals surface area contributed by atoms with E-state index in [1.165, 1.54) is 6.07 Å². The second kappa shape index (κ2) is 9.57. The highest BCUT2D eigenvalue weighted by Gasteiger charge is 2.41. The first kappa shape index (κ1) is 22.2. The molecule has 2 aromatic carbocycles. The highest BCUT2D eigenvalue weighted by Crippen LogP contribution is 2.31. The molecule has 4 nitrogen and oxygen atoms in total. The molecule has 0 bridgehead atoms. The Hall–Kier alpha value is -2.45. The molecule has 3 rings (SSSR count). The molecule has 9 heteroatoms. The Balaban J connectivity index is 1.53. The number of hydrogen-bond acceptors (Lipinski definition) is 3. The van der Waals surface area contributed by atoms with Gasteiger partial charge in [0.2, 0.25) is 0 Å². The fourth-order valence-corrected chi connectivity index (χ4v) is 3.23. The van der Waals surface area contributed by atoms with E-state index in [2.05, 4.69) is 10.3 Å². The number of aromatic nitrogens is 1. The van der Waals surface area contributed by atoms with Crippen molar-refractivity contribution >= 4 is 22.5 Å². The average molecular weight is 445 g/mol. The summed E-state index contributed by atoms with van der Waals surface area (Å²) >= 11 is 6.14. The molecule has 0 aliphatic heterocycles. The van der Waals surface area contributed by atoms with Crippen molar-refractivity contribution in [2.75, 3.05) is 20.3 Å². The summed E-state index contributed by atoms with van der Waals surface area (Å²) in [7, 11) is 1.56. The maximum atomic E-state index is 13.0. The monoisotopic (exact) mass is 444 g/mol. The van der Waals surface area contributed by atoms with Gasteiger partial charge in [-0.2, -0.15) is 8.78 Å². The maximum Gasteiger partial charge on any atom is 0.340 e. The number of rotatable bonds is 10. The highest BCUT2D eigenvalue weighted by atomic mass is 35.5. The van der Waals surface area contributed by atoms with E-state index in [0.29, 0.717) is 23.9 Å². The van der Waals surface area contributed by atoms with Crippen molar-refractivity contribution in [1.29, 1.82) is 0 Å². The number of ether oxygens (including phenoxy) is 2. The quantitative estimate of drug-likeness (QED) is 0.323. The Labute approximate surface area is 176 Å². The number of H-pyrrole nitrogens is 1. The summed E-state index contributed by atoms with van der Waals surface area (Å²) in [6, 6.07) is 10.1. The van der Waals surface area contributed by atoms with Crippen LogP contribution in [0, 0.1) is 0 Å². The number of fused-ring (bicyclic) bond motifs is 1. The summed E-state index contributed by atoms with van der Waals surface area (Å²) in [6.45, 7) is -0.234. The maximum absolute atomic E-state index is 13.0. The molecule has 0 saturated heterocycles.